The first-order valence-electron chi connectivity index (χ1n) is 4.10. The fourth-order valence-corrected chi connectivity index (χ4v) is 1.58. The summed E-state index contributed by atoms with van der Waals surface area (Å²) in [5.74, 6) is 0.649. The first-order valence-corrected chi connectivity index (χ1v) is 4.10. The Hall–Kier alpha value is -0.820. The molecule has 1 saturated carbocycles. The summed E-state index contributed by atoms with van der Waals surface area (Å²) in [6.45, 7) is 2.15. The van der Waals surface area contributed by atoms with Crippen molar-refractivity contribution in [2.24, 2.45) is 5.73 Å². The minimum Gasteiger partial charge on any atom is -0.327 e. The largest absolute Gasteiger partial charge is 0.327 e. The van der Waals surface area contributed by atoms with Gasteiger partial charge in [-0.15, -0.1) is 0 Å². The lowest BCUT2D eigenvalue weighted by molar-refractivity contribution is 0.980. The van der Waals surface area contributed by atoms with E-state index in [1.165, 1.54) is 17.5 Å². The van der Waals surface area contributed by atoms with Gasteiger partial charge in [-0.05, 0) is 24.5 Å². The molecule has 1 heteroatoms. The van der Waals surface area contributed by atoms with Gasteiger partial charge in [0.25, 0.3) is 0 Å². The van der Waals surface area contributed by atoms with Gasteiger partial charge in [0, 0.05) is 12.0 Å². The predicted molar refractivity (Wildman–Crippen MR) is 46.5 cm³/mol. The summed E-state index contributed by atoms with van der Waals surface area (Å²) >= 11 is 0. The Labute approximate surface area is 67.2 Å². The number of rotatable bonds is 1. The van der Waals surface area contributed by atoms with Crippen molar-refractivity contribution in [3.05, 3.63) is 35.4 Å². The lowest BCUT2D eigenvalue weighted by atomic mass is 10.0. The van der Waals surface area contributed by atoms with E-state index in [4.69, 9.17) is 5.73 Å². The van der Waals surface area contributed by atoms with Crippen LogP contribution in [0.1, 0.15) is 23.5 Å². The highest BCUT2D eigenvalue weighted by molar-refractivity contribution is 5.34. The molecule has 0 heterocycles. The van der Waals surface area contributed by atoms with Gasteiger partial charge in [-0.1, -0.05) is 24.3 Å². The second kappa shape index (κ2) is 2.35. The molecule has 0 radical (unpaired) electrons. The molecule has 0 aromatic heterocycles. The van der Waals surface area contributed by atoms with E-state index in [9.17, 15) is 0 Å². The first-order chi connectivity index (χ1) is 5.29. The smallest absolute Gasteiger partial charge is 0.0115 e. The van der Waals surface area contributed by atoms with E-state index in [1.54, 1.807) is 0 Å². The molecular weight excluding hydrogens is 134 g/mol. The van der Waals surface area contributed by atoms with Crippen LogP contribution in [0.2, 0.25) is 0 Å². The van der Waals surface area contributed by atoms with Crippen molar-refractivity contribution >= 4 is 0 Å². The van der Waals surface area contributed by atoms with Crippen LogP contribution >= 0.6 is 0 Å². The molecule has 0 spiro atoms. The first kappa shape index (κ1) is 6.86. The molecule has 1 nitrogen and oxygen atoms in total. The van der Waals surface area contributed by atoms with Crippen molar-refractivity contribution in [1.82, 2.24) is 0 Å². The highest BCUT2D eigenvalue weighted by atomic mass is 14.7. The quantitative estimate of drug-likeness (QED) is 0.644. The molecule has 11 heavy (non-hydrogen) atoms. The molecule has 0 amide bonds. The number of hydrogen-bond acceptors (Lipinski definition) is 1. The van der Waals surface area contributed by atoms with Crippen molar-refractivity contribution in [2.45, 2.75) is 25.3 Å². The van der Waals surface area contributed by atoms with Gasteiger partial charge in [0.1, 0.15) is 0 Å². The maximum absolute atomic E-state index is 5.77. The molecule has 58 valence electrons. The van der Waals surface area contributed by atoms with Gasteiger partial charge in [0.15, 0.2) is 0 Å². The third kappa shape index (κ3) is 1.16. The summed E-state index contributed by atoms with van der Waals surface area (Å²) in [7, 11) is 0. The molecule has 0 aliphatic heterocycles. The Morgan fingerprint density at radius 2 is 2.00 bits per heavy atom. The molecule has 2 rings (SSSR count). The van der Waals surface area contributed by atoms with E-state index in [1.807, 2.05) is 0 Å². The van der Waals surface area contributed by atoms with E-state index in [2.05, 4.69) is 31.2 Å². The van der Waals surface area contributed by atoms with Gasteiger partial charge in [-0.25, -0.2) is 0 Å². The molecule has 1 aromatic carbocycles. The van der Waals surface area contributed by atoms with E-state index < -0.39 is 0 Å². The van der Waals surface area contributed by atoms with Gasteiger partial charge < -0.3 is 5.73 Å². The standard InChI is InChI=1S/C10H13N/c1-7-4-2-3-5-8(7)9-6-10(9)11/h2-5,9-10H,6,11H2,1H3/t9-,10+/m0/s1. The minimum atomic E-state index is 0.427. The molecule has 0 saturated heterocycles. The highest BCUT2D eigenvalue weighted by Crippen LogP contribution is 2.40. The van der Waals surface area contributed by atoms with Crippen LogP contribution < -0.4 is 5.73 Å². The summed E-state index contributed by atoms with van der Waals surface area (Å²) in [6, 6.07) is 8.93. The molecule has 0 unspecified atom stereocenters. The number of nitrogens with two attached hydrogens (primary N) is 1. The second-order valence-corrected chi connectivity index (χ2v) is 3.36. The second-order valence-electron chi connectivity index (χ2n) is 3.36. The SMILES string of the molecule is Cc1ccccc1[C@@H]1C[C@H]1N. The number of benzene rings is 1. The maximum atomic E-state index is 5.77. The lowest BCUT2D eigenvalue weighted by Gasteiger charge is -2.01. The Morgan fingerprint density at radius 3 is 2.55 bits per heavy atom. The molecular formula is C10H13N. The molecule has 1 aliphatic carbocycles. The van der Waals surface area contributed by atoms with E-state index in [0.29, 0.717) is 12.0 Å². The van der Waals surface area contributed by atoms with Crippen LogP contribution in [0, 0.1) is 6.92 Å². The van der Waals surface area contributed by atoms with E-state index in [0.717, 1.165) is 0 Å². The molecule has 1 fully saturated rings. The lowest BCUT2D eigenvalue weighted by Crippen LogP contribution is -2.01. The van der Waals surface area contributed by atoms with Gasteiger partial charge in [0.05, 0.1) is 0 Å². The zero-order chi connectivity index (χ0) is 7.84. The highest BCUT2D eigenvalue weighted by Gasteiger charge is 2.35. The molecule has 0 bridgehead atoms. The van der Waals surface area contributed by atoms with Crippen LogP contribution in [0.5, 0.6) is 0 Å². The molecule has 1 aromatic rings. The minimum absolute atomic E-state index is 0.427. The fraction of sp³-hybridized carbons (Fsp3) is 0.400. The summed E-state index contributed by atoms with van der Waals surface area (Å²) in [6.07, 6.45) is 1.17. The number of hydrogen-bond donors (Lipinski definition) is 1. The average Bonchev–Trinajstić information content (AvgIpc) is 2.68. The van der Waals surface area contributed by atoms with Gasteiger partial charge >= 0.3 is 0 Å². The van der Waals surface area contributed by atoms with Crippen molar-refractivity contribution in [2.75, 3.05) is 0 Å². The molecule has 1 aliphatic rings. The van der Waals surface area contributed by atoms with Crippen LogP contribution in [0.3, 0.4) is 0 Å². The molecule has 2 N–H and O–H groups in total. The normalized spacial score (nSPS) is 28.5. The van der Waals surface area contributed by atoms with E-state index >= 15 is 0 Å². The predicted octanol–water partition coefficient (Wildman–Crippen LogP) is 1.81. The zero-order valence-electron chi connectivity index (χ0n) is 6.75. The monoisotopic (exact) mass is 147 g/mol. The van der Waals surface area contributed by atoms with Crippen molar-refractivity contribution in [3.8, 4) is 0 Å². The topological polar surface area (TPSA) is 26.0 Å². The Morgan fingerprint density at radius 1 is 1.36 bits per heavy atom. The van der Waals surface area contributed by atoms with Gasteiger partial charge in [-0.3, -0.25) is 0 Å². The van der Waals surface area contributed by atoms with Crippen LogP contribution in [-0.4, -0.2) is 6.04 Å². The summed E-state index contributed by atoms with van der Waals surface area (Å²) in [5, 5.41) is 0. The maximum Gasteiger partial charge on any atom is 0.0115 e. The zero-order valence-corrected chi connectivity index (χ0v) is 6.75. The van der Waals surface area contributed by atoms with Gasteiger partial charge in [-0.2, -0.15) is 0 Å². The summed E-state index contributed by atoms with van der Waals surface area (Å²) < 4.78 is 0. The Bertz CT molecular complexity index is 267. The van der Waals surface area contributed by atoms with E-state index in [-0.39, 0.29) is 0 Å². The summed E-state index contributed by atoms with van der Waals surface area (Å²) in [5.41, 5.74) is 8.59. The molecule has 2 atom stereocenters. The van der Waals surface area contributed by atoms with Crippen LogP contribution in [-0.2, 0) is 0 Å². The van der Waals surface area contributed by atoms with Crippen LogP contribution in [0.15, 0.2) is 24.3 Å². The fourth-order valence-electron chi connectivity index (χ4n) is 1.58. The van der Waals surface area contributed by atoms with Crippen LogP contribution in [0.4, 0.5) is 0 Å². The third-order valence-corrected chi connectivity index (χ3v) is 2.43. The average molecular weight is 147 g/mol. The van der Waals surface area contributed by atoms with Crippen molar-refractivity contribution < 1.29 is 0 Å². The summed E-state index contributed by atoms with van der Waals surface area (Å²) in [4.78, 5) is 0. The third-order valence-electron chi connectivity index (χ3n) is 2.43. The van der Waals surface area contributed by atoms with Crippen LogP contribution in [0.25, 0.3) is 0 Å². The van der Waals surface area contributed by atoms with Crippen molar-refractivity contribution in [1.29, 1.82) is 0 Å². The Kier molecular flexibility index (Phi) is 1.46. The van der Waals surface area contributed by atoms with Crippen molar-refractivity contribution in [3.63, 3.8) is 0 Å². The Balaban J connectivity index is 2.31. The number of aryl methyl sites for hydroxylation is 1. The van der Waals surface area contributed by atoms with Gasteiger partial charge in [0.2, 0.25) is 0 Å².